The van der Waals surface area contributed by atoms with E-state index in [9.17, 15) is 4.79 Å². The second-order valence-electron chi connectivity index (χ2n) is 6.67. The molecular formula is C21H25N5O4. The quantitative estimate of drug-likeness (QED) is 0.661. The van der Waals surface area contributed by atoms with E-state index in [0.29, 0.717) is 25.6 Å². The first kappa shape index (κ1) is 21.3. The molecule has 0 aromatic carbocycles. The van der Waals surface area contributed by atoms with Crippen molar-refractivity contribution in [3.63, 3.8) is 0 Å². The predicted octanol–water partition coefficient (Wildman–Crippen LogP) is 2.06. The van der Waals surface area contributed by atoms with Crippen molar-refractivity contribution in [3.05, 3.63) is 48.4 Å². The normalized spacial score (nSPS) is 13.7. The zero-order chi connectivity index (χ0) is 21.5. The average Bonchev–Trinajstić information content (AvgIpc) is 3.11. The first-order valence-corrected chi connectivity index (χ1v) is 9.72. The molecule has 3 aromatic heterocycles. The fraction of sp³-hybridized carbons (Fsp3) is 0.333. The van der Waals surface area contributed by atoms with Gasteiger partial charge >= 0.3 is 0 Å². The van der Waals surface area contributed by atoms with Gasteiger partial charge in [0.2, 0.25) is 11.8 Å². The maximum Gasteiger partial charge on any atom is 0.300 e. The highest BCUT2D eigenvalue weighted by atomic mass is 16.5. The number of nitrogens with zero attached hydrogens (tertiary/aromatic N) is 4. The SMILES string of the molecule is CC(=O)O.CCn1cc(N2CCNCC2=O)c2ccc(OCc3ccccn3)nc21. The molecule has 1 saturated heterocycles. The highest BCUT2D eigenvalue weighted by Crippen LogP contribution is 2.30. The summed E-state index contributed by atoms with van der Waals surface area (Å²) in [4.78, 5) is 32.0. The first-order chi connectivity index (χ1) is 14.5. The summed E-state index contributed by atoms with van der Waals surface area (Å²) in [7, 11) is 0. The van der Waals surface area contributed by atoms with Gasteiger partial charge in [0.05, 0.1) is 17.9 Å². The van der Waals surface area contributed by atoms with Crippen LogP contribution in [0, 0.1) is 0 Å². The van der Waals surface area contributed by atoms with Crippen LogP contribution >= 0.6 is 0 Å². The molecule has 0 spiro atoms. The van der Waals surface area contributed by atoms with Crippen molar-refractivity contribution in [2.45, 2.75) is 27.0 Å². The van der Waals surface area contributed by atoms with Crippen LogP contribution in [-0.4, -0.2) is 51.2 Å². The van der Waals surface area contributed by atoms with Crippen LogP contribution < -0.4 is 15.0 Å². The highest BCUT2D eigenvalue weighted by molar-refractivity contribution is 6.04. The Morgan fingerprint density at radius 1 is 1.30 bits per heavy atom. The molecule has 1 aliphatic heterocycles. The third-order valence-electron chi connectivity index (χ3n) is 4.49. The van der Waals surface area contributed by atoms with Crippen molar-refractivity contribution >= 4 is 28.6 Å². The van der Waals surface area contributed by atoms with Gasteiger partial charge in [-0.15, -0.1) is 0 Å². The summed E-state index contributed by atoms with van der Waals surface area (Å²) in [5.74, 6) is -0.198. The molecule has 9 heteroatoms. The van der Waals surface area contributed by atoms with Gasteiger partial charge in [0.1, 0.15) is 12.3 Å². The lowest BCUT2D eigenvalue weighted by Gasteiger charge is -2.26. The number of aryl methyl sites for hydroxylation is 1. The van der Waals surface area contributed by atoms with Crippen LogP contribution in [0.15, 0.2) is 42.7 Å². The molecule has 0 bridgehead atoms. The molecule has 0 radical (unpaired) electrons. The number of anilines is 1. The van der Waals surface area contributed by atoms with Gasteiger partial charge in [-0.25, -0.2) is 0 Å². The zero-order valence-electron chi connectivity index (χ0n) is 17.0. The number of carboxylic acid groups (broad SMARTS) is 1. The van der Waals surface area contributed by atoms with E-state index in [4.69, 9.17) is 14.6 Å². The first-order valence-electron chi connectivity index (χ1n) is 9.72. The smallest absolute Gasteiger partial charge is 0.300 e. The monoisotopic (exact) mass is 411 g/mol. The molecule has 1 amide bonds. The average molecular weight is 411 g/mol. The summed E-state index contributed by atoms with van der Waals surface area (Å²) in [6.07, 6.45) is 3.75. The number of aromatic nitrogens is 3. The Labute approximate surface area is 174 Å². The number of amides is 1. The molecule has 4 heterocycles. The lowest BCUT2D eigenvalue weighted by atomic mass is 10.2. The Hall–Kier alpha value is -3.46. The molecule has 4 rings (SSSR count). The summed E-state index contributed by atoms with van der Waals surface area (Å²) in [5.41, 5.74) is 2.59. The van der Waals surface area contributed by atoms with Gasteiger partial charge in [0.25, 0.3) is 5.97 Å². The van der Waals surface area contributed by atoms with Gasteiger partial charge in [-0.2, -0.15) is 4.98 Å². The third kappa shape index (κ3) is 5.12. The minimum Gasteiger partial charge on any atom is -0.481 e. The van der Waals surface area contributed by atoms with Gasteiger partial charge in [-0.3, -0.25) is 14.6 Å². The number of pyridine rings is 2. The topological polar surface area (TPSA) is 110 Å². The Kier molecular flexibility index (Phi) is 6.97. The highest BCUT2D eigenvalue weighted by Gasteiger charge is 2.23. The number of fused-ring (bicyclic) bond motifs is 1. The van der Waals surface area contributed by atoms with E-state index in [-0.39, 0.29) is 5.91 Å². The van der Waals surface area contributed by atoms with E-state index in [1.54, 1.807) is 6.20 Å². The number of hydrogen-bond donors (Lipinski definition) is 2. The summed E-state index contributed by atoms with van der Waals surface area (Å²) in [6.45, 7) is 6.12. The second kappa shape index (κ2) is 9.84. The van der Waals surface area contributed by atoms with Crippen LogP contribution in [0.4, 0.5) is 5.69 Å². The Morgan fingerprint density at radius 3 is 2.77 bits per heavy atom. The van der Waals surface area contributed by atoms with Crippen molar-refractivity contribution in [1.82, 2.24) is 19.9 Å². The number of hydrogen-bond acceptors (Lipinski definition) is 6. The Bertz CT molecular complexity index is 1010. The number of aliphatic carboxylic acids is 1. The molecule has 158 valence electrons. The van der Waals surface area contributed by atoms with Gasteiger partial charge in [-0.1, -0.05) is 6.07 Å². The molecule has 9 nitrogen and oxygen atoms in total. The van der Waals surface area contributed by atoms with Crippen molar-refractivity contribution in [2.24, 2.45) is 0 Å². The number of piperazine rings is 1. The molecule has 3 aromatic rings. The predicted molar refractivity (Wildman–Crippen MR) is 113 cm³/mol. The van der Waals surface area contributed by atoms with Crippen LogP contribution in [0.3, 0.4) is 0 Å². The fourth-order valence-corrected chi connectivity index (χ4v) is 3.16. The van der Waals surface area contributed by atoms with Crippen molar-refractivity contribution in [3.8, 4) is 5.88 Å². The van der Waals surface area contributed by atoms with E-state index in [1.807, 2.05) is 46.0 Å². The van der Waals surface area contributed by atoms with Crippen LogP contribution in [0.1, 0.15) is 19.5 Å². The molecule has 0 aliphatic carbocycles. The van der Waals surface area contributed by atoms with Gasteiger partial charge in [0, 0.05) is 50.4 Å². The standard InChI is InChI=1S/C19H21N5O2.C2H4O2/c1-2-23-12-16(24-10-9-20-11-18(24)25)15-6-7-17(22-19(15)23)26-13-14-5-3-4-8-21-14;1-2(3)4/h3-8,12,20H,2,9-11,13H2,1H3;1H3,(H,3,4). The van der Waals surface area contributed by atoms with E-state index in [2.05, 4.69) is 22.2 Å². The molecule has 0 unspecified atom stereocenters. The number of carbonyl (C=O) groups is 2. The molecular weight excluding hydrogens is 386 g/mol. The minimum atomic E-state index is -0.833. The minimum absolute atomic E-state index is 0.0851. The number of rotatable bonds is 5. The molecule has 2 N–H and O–H groups in total. The summed E-state index contributed by atoms with van der Waals surface area (Å²) < 4.78 is 7.85. The number of carbonyl (C=O) groups excluding carboxylic acids is 1. The molecule has 30 heavy (non-hydrogen) atoms. The lowest BCUT2D eigenvalue weighted by Crippen LogP contribution is -2.48. The van der Waals surface area contributed by atoms with E-state index in [1.165, 1.54) is 0 Å². The molecule has 1 fully saturated rings. The van der Waals surface area contributed by atoms with Gasteiger partial charge < -0.3 is 24.6 Å². The zero-order valence-corrected chi connectivity index (χ0v) is 17.0. The van der Waals surface area contributed by atoms with Gasteiger partial charge in [0.15, 0.2) is 0 Å². The van der Waals surface area contributed by atoms with Crippen molar-refractivity contribution in [2.75, 3.05) is 24.5 Å². The lowest BCUT2D eigenvalue weighted by molar-refractivity contribution is -0.134. The van der Waals surface area contributed by atoms with E-state index in [0.717, 1.165) is 42.4 Å². The van der Waals surface area contributed by atoms with Crippen molar-refractivity contribution < 1.29 is 19.4 Å². The number of ether oxygens (including phenoxy) is 1. The molecule has 0 atom stereocenters. The molecule has 0 saturated carbocycles. The van der Waals surface area contributed by atoms with Crippen LogP contribution in [0.25, 0.3) is 11.0 Å². The summed E-state index contributed by atoms with van der Waals surface area (Å²) in [5, 5.41) is 11.5. The van der Waals surface area contributed by atoms with Crippen molar-refractivity contribution in [1.29, 1.82) is 0 Å². The maximum atomic E-state index is 12.3. The number of carboxylic acids is 1. The molecule has 1 aliphatic rings. The maximum absolute atomic E-state index is 12.3. The van der Waals surface area contributed by atoms with Crippen LogP contribution in [0.5, 0.6) is 5.88 Å². The largest absolute Gasteiger partial charge is 0.481 e. The Morgan fingerprint density at radius 2 is 2.10 bits per heavy atom. The Balaban J connectivity index is 0.000000589. The summed E-state index contributed by atoms with van der Waals surface area (Å²) >= 11 is 0. The third-order valence-corrected chi connectivity index (χ3v) is 4.49. The van der Waals surface area contributed by atoms with Gasteiger partial charge in [-0.05, 0) is 25.1 Å². The second-order valence-corrected chi connectivity index (χ2v) is 6.67. The number of nitrogens with one attached hydrogen (secondary N) is 1. The van der Waals surface area contributed by atoms with E-state index < -0.39 is 5.97 Å². The van der Waals surface area contributed by atoms with Crippen LogP contribution in [0.2, 0.25) is 0 Å². The fourth-order valence-electron chi connectivity index (χ4n) is 3.16. The van der Waals surface area contributed by atoms with E-state index >= 15 is 0 Å². The summed E-state index contributed by atoms with van der Waals surface area (Å²) in [6, 6.07) is 9.55. The van der Waals surface area contributed by atoms with Crippen LogP contribution in [-0.2, 0) is 22.7 Å².